The summed E-state index contributed by atoms with van der Waals surface area (Å²) in [6.45, 7) is 0. The number of hydrogen-bond donors (Lipinski definition) is 1. The van der Waals surface area contributed by atoms with E-state index in [1.54, 1.807) is 0 Å². The molecule has 0 aromatic rings. The molecule has 0 unspecified atom stereocenters. The van der Waals surface area contributed by atoms with Gasteiger partial charge in [0.05, 0.1) is 0 Å². The molecule has 6 heavy (non-hydrogen) atoms. The van der Waals surface area contributed by atoms with Crippen LogP contribution in [0.2, 0.25) is 0 Å². The Balaban J connectivity index is -0.0000000450. The maximum absolute atomic E-state index is 8.70. The molecule has 0 saturated heterocycles. The van der Waals surface area contributed by atoms with E-state index in [2.05, 4.69) is 4.81 Å². The maximum Gasteiger partial charge on any atom is 0 e. The van der Waals surface area contributed by atoms with Crippen molar-refractivity contribution < 1.29 is 20.2 Å². The normalized spacial score (nSPS) is 2.83. The van der Waals surface area contributed by atoms with Gasteiger partial charge < -0.3 is 5.48 Å². The van der Waals surface area contributed by atoms with Gasteiger partial charge in [-0.2, -0.15) is 0 Å². The van der Waals surface area contributed by atoms with Crippen LogP contribution in [-0.4, -0.2) is 47.6 Å². The fourth-order valence-electron chi connectivity index (χ4n) is 0. The molecule has 0 rings (SSSR count). The molecule has 0 aliphatic rings. The second-order valence-electron chi connectivity index (χ2n) is 0.202. The fraction of sp³-hybridized carbons (Fsp3) is 0. The van der Waals surface area contributed by atoms with E-state index in [0.717, 1.165) is 0 Å². The van der Waals surface area contributed by atoms with Crippen molar-refractivity contribution in [2.75, 3.05) is 0 Å². The van der Waals surface area contributed by atoms with E-state index in [1.807, 2.05) is 0 Å². The minimum absolute atomic E-state index is 0. The van der Waals surface area contributed by atoms with Crippen molar-refractivity contribution in [1.29, 1.82) is 0 Å². The van der Waals surface area contributed by atoms with Crippen molar-refractivity contribution in [1.82, 2.24) is 0 Å². The minimum atomic E-state index is -0.0694. The first kappa shape index (κ1) is 16.0. The van der Waals surface area contributed by atoms with Gasteiger partial charge in [0.15, 0.2) is 0 Å². The van der Waals surface area contributed by atoms with Crippen LogP contribution in [0.1, 0.15) is 0 Å². The number of rotatable bonds is 1. The fourth-order valence-corrected chi connectivity index (χ4v) is 0. The molecular weight excluding hydrogens is 97.8 g/mol. The van der Waals surface area contributed by atoms with Crippen LogP contribution in [0.3, 0.4) is 0 Å². The Labute approximate surface area is 57.3 Å². The Bertz CT molecular complexity index is 21.5. The van der Waals surface area contributed by atoms with Crippen molar-refractivity contribution in [2.24, 2.45) is 0 Å². The summed E-state index contributed by atoms with van der Waals surface area (Å²) >= 11 is 0. The van der Waals surface area contributed by atoms with Crippen molar-refractivity contribution in [3.8, 4) is 0 Å². The van der Waals surface area contributed by atoms with Crippen LogP contribution >= 0.6 is 0 Å². The molecule has 0 spiro atoms. The maximum atomic E-state index is 8.70. The molecule has 4 nitrogen and oxygen atoms in total. The topological polar surface area (TPSA) is 78.0 Å². The molecule has 6 heteroatoms. The molecular formula is H3BNaO4. The summed E-state index contributed by atoms with van der Waals surface area (Å²) in [6, 6.07) is 0. The molecule has 0 aromatic heterocycles. The van der Waals surface area contributed by atoms with Gasteiger partial charge in [0.1, 0.15) is 0 Å². The van der Waals surface area contributed by atoms with Gasteiger partial charge >= 0.3 is 22.1 Å². The van der Waals surface area contributed by atoms with Gasteiger partial charge in [-0.25, -0.2) is 0 Å². The quantitative estimate of drug-likeness (QED) is 0.241. The van der Waals surface area contributed by atoms with E-state index in [1.165, 1.54) is 0 Å². The molecule has 0 fully saturated rings. The zero-order chi connectivity index (χ0) is 3.41. The Morgan fingerprint density at radius 3 is 1.83 bits per heavy atom. The zero-order valence-electron chi connectivity index (χ0n) is 3.34. The van der Waals surface area contributed by atoms with E-state index in [9.17, 15) is 0 Å². The number of hydrogen-bond acceptors (Lipinski definition) is 3. The summed E-state index contributed by atoms with van der Waals surface area (Å²) in [5.74, 6) is 0. The van der Waals surface area contributed by atoms with E-state index in [0.29, 0.717) is 0 Å². The standard InChI is InChI=1S/BHO3.Na.H2O/c2-1-4-3;;/h3H;;1H2. The molecule has 0 amide bonds. The van der Waals surface area contributed by atoms with Gasteiger partial charge in [0.2, 0.25) is 0 Å². The van der Waals surface area contributed by atoms with Crippen molar-refractivity contribution in [2.45, 2.75) is 0 Å². The Hall–Kier alpha value is 0.585. The summed E-state index contributed by atoms with van der Waals surface area (Å²) in [6.07, 6.45) is 0. The van der Waals surface area contributed by atoms with E-state index >= 15 is 0 Å². The molecule has 0 bridgehead atoms. The Kier molecular flexibility index (Phi) is 46.8. The summed E-state index contributed by atoms with van der Waals surface area (Å²) in [5.41, 5.74) is 0. The first-order valence-electron chi connectivity index (χ1n) is 0.654. The molecule has 1 radical (unpaired) electrons. The largest absolute Gasteiger partial charge is 0 e. The third kappa shape index (κ3) is 23.5. The molecule has 0 atom stereocenters. The van der Waals surface area contributed by atoms with Crippen LogP contribution in [-0.2, 0) is 9.51 Å². The van der Waals surface area contributed by atoms with Crippen LogP contribution in [0.5, 0.6) is 0 Å². The third-order valence-corrected chi connectivity index (χ3v) is 0.0430. The van der Waals surface area contributed by atoms with E-state index in [-0.39, 0.29) is 42.4 Å². The molecule has 0 aliphatic carbocycles. The van der Waals surface area contributed by atoms with Crippen molar-refractivity contribution >= 4 is 36.9 Å². The van der Waals surface area contributed by atoms with E-state index in [4.69, 9.17) is 9.96 Å². The van der Waals surface area contributed by atoms with Crippen LogP contribution in [0.4, 0.5) is 0 Å². The third-order valence-electron chi connectivity index (χ3n) is 0.0430. The summed E-state index contributed by atoms with van der Waals surface area (Å²) in [7, 11) is -0.0694. The summed E-state index contributed by atoms with van der Waals surface area (Å²) < 4.78 is 8.70. The summed E-state index contributed by atoms with van der Waals surface area (Å²) in [4.78, 5) is 2.86. The van der Waals surface area contributed by atoms with Crippen LogP contribution < -0.4 is 0 Å². The van der Waals surface area contributed by atoms with Crippen molar-refractivity contribution in [3.05, 3.63) is 0 Å². The second-order valence-corrected chi connectivity index (χ2v) is 0.202. The van der Waals surface area contributed by atoms with Gasteiger partial charge in [-0.1, -0.05) is 0 Å². The average Bonchev–Trinajstić information content (AvgIpc) is 1.37. The first-order chi connectivity index (χ1) is 1.91. The van der Waals surface area contributed by atoms with Gasteiger partial charge in [-0.3, -0.25) is 0 Å². The Morgan fingerprint density at radius 1 is 1.67 bits per heavy atom. The van der Waals surface area contributed by atoms with Gasteiger partial charge in [-0.05, 0) is 0 Å². The molecule has 0 saturated carbocycles. The Morgan fingerprint density at radius 2 is 1.83 bits per heavy atom. The molecule has 3 N–H and O–H groups in total. The predicted molar refractivity (Wildman–Crippen MR) is 19.5 cm³/mol. The van der Waals surface area contributed by atoms with Gasteiger partial charge in [0, 0.05) is 29.6 Å². The van der Waals surface area contributed by atoms with Crippen molar-refractivity contribution in [3.63, 3.8) is 0 Å². The van der Waals surface area contributed by atoms with Gasteiger partial charge in [0.25, 0.3) is 0 Å². The zero-order valence-corrected chi connectivity index (χ0v) is 5.34. The summed E-state index contributed by atoms with van der Waals surface area (Å²) in [5, 5.41) is 7.01. The molecule has 31 valence electrons. The van der Waals surface area contributed by atoms with E-state index < -0.39 is 0 Å². The average molecular weight is 101 g/mol. The SMILES string of the molecule is O.O=BOO.[Na]. The minimum Gasteiger partial charge on any atom is 0 e. The first-order valence-corrected chi connectivity index (χ1v) is 0.654. The van der Waals surface area contributed by atoms with Crippen LogP contribution in [0.15, 0.2) is 0 Å². The monoisotopic (exact) mass is 101 g/mol. The molecule has 0 aliphatic heterocycles. The molecule has 0 heterocycles. The predicted octanol–water partition coefficient (Wildman–Crippen LogP) is -1.76. The van der Waals surface area contributed by atoms with Crippen LogP contribution in [0, 0.1) is 0 Å². The molecule has 0 aromatic carbocycles. The van der Waals surface area contributed by atoms with Crippen LogP contribution in [0.25, 0.3) is 0 Å². The van der Waals surface area contributed by atoms with Gasteiger partial charge in [-0.15, -0.1) is 0 Å². The smallest absolute Gasteiger partial charge is 0 e. The second kappa shape index (κ2) is 17.6.